The second-order valence-electron chi connectivity index (χ2n) is 6.14. The number of nitrogens with one attached hydrogen (secondary N) is 2. The molecule has 3 aromatic carbocycles. The zero-order valence-electron chi connectivity index (χ0n) is 14.7. The minimum atomic E-state index is -0.606. The summed E-state index contributed by atoms with van der Waals surface area (Å²) in [5, 5.41) is 15.1. The Kier molecular flexibility index (Phi) is 5.70. The number of carbonyl (C=O) groups is 1. The summed E-state index contributed by atoms with van der Waals surface area (Å²) in [6.45, 7) is 0.438. The highest BCUT2D eigenvalue weighted by molar-refractivity contribution is 5.86. The van der Waals surface area contributed by atoms with Crippen LogP contribution in [0.2, 0.25) is 0 Å². The number of benzene rings is 3. The number of anilines is 2. The molecule has 0 spiro atoms. The molecule has 0 aliphatic heterocycles. The van der Waals surface area contributed by atoms with Gasteiger partial charge in [0.25, 0.3) is 0 Å². The number of nitrogens with two attached hydrogens (primary N) is 1. The van der Waals surface area contributed by atoms with Gasteiger partial charge in [-0.2, -0.15) is 5.26 Å². The van der Waals surface area contributed by atoms with Gasteiger partial charge in [-0.3, -0.25) is 4.79 Å². The van der Waals surface area contributed by atoms with Crippen LogP contribution in [0.5, 0.6) is 0 Å². The van der Waals surface area contributed by atoms with Gasteiger partial charge in [-0.1, -0.05) is 42.5 Å². The summed E-state index contributed by atoms with van der Waals surface area (Å²) >= 11 is 0. The molecule has 1 atom stereocenters. The van der Waals surface area contributed by atoms with E-state index in [1.807, 2.05) is 42.5 Å². The molecule has 0 saturated heterocycles. The maximum Gasteiger partial charge on any atom is 0.247 e. The van der Waals surface area contributed by atoms with Gasteiger partial charge in [0.1, 0.15) is 6.04 Å². The molecule has 1 amide bonds. The fourth-order valence-electron chi connectivity index (χ4n) is 2.73. The lowest BCUT2D eigenvalue weighted by Crippen LogP contribution is -2.33. The highest BCUT2D eigenvalue weighted by atomic mass is 16.2. The average molecular weight is 356 g/mol. The third kappa shape index (κ3) is 4.86. The van der Waals surface area contributed by atoms with Crippen molar-refractivity contribution in [1.29, 1.82) is 5.26 Å². The number of nitrogen functional groups attached to an aromatic ring is 1. The normalized spacial score (nSPS) is 11.2. The topological polar surface area (TPSA) is 90.9 Å². The Hall–Kier alpha value is -3.78. The van der Waals surface area contributed by atoms with Gasteiger partial charge in [0, 0.05) is 17.9 Å². The molecule has 5 nitrogen and oxygen atoms in total. The Morgan fingerprint density at radius 3 is 2.41 bits per heavy atom. The van der Waals surface area contributed by atoms with E-state index in [1.54, 1.807) is 36.4 Å². The number of hydrogen-bond donors (Lipinski definition) is 3. The Morgan fingerprint density at radius 1 is 1.00 bits per heavy atom. The van der Waals surface area contributed by atoms with Crippen molar-refractivity contribution in [3.8, 4) is 6.07 Å². The fourth-order valence-corrected chi connectivity index (χ4v) is 2.73. The van der Waals surface area contributed by atoms with Gasteiger partial charge in [0.15, 0.2) is 0 Å². The van der Waals surface area contributed by atoms with Crippen LogP contribution in [0.3, 0.4) is 0 Å². The minimum absolute atomic E-state index is 0.159. The standard InChI is InChI=1S/C22H20N4O/c23-14-16-9-11-20(12-10-16)26-21(18-7-4-8-19(24)13-18)22(27)25-15-17-5-2-1-3-6-17/h1-13,21,26H,15,24H2,(H,25,27)/t21-/m0/s1. The lowest BCUT2D eigenvalue weighted by molar-refractivity contribution is -0.122. The van der Waals surface area contributed by atoms with E-state index in [2.05, 4.69) is 16.7 Å². The second kappa shape index (κ2) is 8.54. The van der Waals surface area contributed by atoms with Crippen LogP contribution in [0.4, 0.5) is 11.4 Å². The number of carbonyl (C=O) groups excluding carboxylic acids is 1. The van der Waals surface area contributed by atoms with Crippen molar-refractivity contribution < 1.29 is 4.79 Å². The van der Waals surface area contributed by atoms with Crippen molar-refractivity contribution >= 4 is 17.3 Å². The second-order valence-corrected chi connectivity index (χ2v) is 6.14. The Labute approximate surface area is 158 Å². The van der Waals surface area contributed by atoms with E-state index in [1.165, 1.54) is 0 Å². The lowest BCUT2D eigenvalue weighted by atomic mass is 10.0. The van der Waals surface area contributed by atoms with Crippen LogP contribution in [0, 0.1) is 11.3 Å². The molecule has 0 aliphatic carbocycles. The van der Waals surface area contributed by atoms with E-state index in [4.69, 9.17) is 11.0 Å². The molecule has 0 unspecified atom stereocenters. The third-order valence-electron chi connectivity index (χ3n) is 4.14. The van der Waals surface area contributed by atoms with E-state index in [9.17, 15) is 4.79 Å². The quantitative estimate of drug-likeness (QED) is 0.589. The molecule has 0 radical (unpaired) electrons. The summed E-state index contributed by atoms with van der Waals surface area (Å²) in [6.07, 6.45) is 0. The zero-order chi connectivity index (χ0) is 19.1. The first-order valence-electron chi connectivity index (χ1n) is 8.59. The lowest BCUT2D eigenvalue weighted by Gasteiger charge is -2.20. The summed E-state index contributed by atoms with van der Waals surface area (Å²) in [5.41, 5.74) is 9.59. The van der Waals surface area contributed by atoms with Gasteiger partial charge in [0.05, 0.1) is 11.6 Å². The summed E-state index contributed by atoms with van der Waals surface area (Å²) < 4.78 is 0. The van der Waals surface area contributed by atoms with E-state index >= 15 is 0 Å². The summed E-state index contributed by atoms with van der Waals surface area (Å²) in [4.78, 5) is 12.9. The van der Waals surface area contributed by atoms with Crippen molar-refractivity contribution in [2.75, 3.05) is 11.1 Å². The number of amides is 1. The average Bonchev–Trinajstić information content (AvgIpc) is 2.71. The maximum absolute atomic E-state index is 12.9. The van der Waals surface area contributed by atoms with Crippen molar-refractivity contribution in [1.82, 2.24) is 5.32 Å². The molecule has 5 heteroatoms. The molecule has 4 N–H and O–H groups in total. The summed E-state index contributed by atoms with van der Waals surface area (Å²) in [7, 11) is 0. The van der Waals surface area contributed by atoms with Gasteiger partial charge in [0.2, 0.25) is 5.91 Å². The Bertz CT molecular complexity index is 946. The highest BCUT2D eigenvalue weighted by Crippen LogP contribution is 2.22. The summed E-state index contributed by atoms with van der Waals surface area (Å²) in [5.74, 6) is -0.159. The van der Waals surface area contributed by atoms with Crippen molar-refractivity contribution in [2.45, 2.75) is 12.6 Å². The molecule has 0 aromatic heterocycles. The molecule has 27 heavy (non-hydrogen) atoms. The van der Waals surface area contributed by atoms with Crippen molar-refractivity contribution in [3.05, 3.63) is 95.6 Å². The number of rotatable bonds is 6. The predicted octanol–water partition coefficient (Wildman–Crippen LogP) is 3.61. The molecular formula is C22H20N4O. The van der Waals surface area contributed by atoms with E-state index in [-0.39, 0.29) is 5.91 Å². The van der Waals surface area contributed by atoms with Gasteiger partial charge >= 0.3 is 0 Å². The molecular weight excluding hydrogens is 336 g/mol. The molecule has 0 aliphatic rings. The molecule has 134 valence electrons. The van der Waals surface area contributed by atoms with Gasteiger partial charge in [-0.05, 0) is 47.5 Å². The monoisotopic (exact) mass is 356 g/mol. The first-order chi connectivity index (χ1) is 13.2. The van der Waals surface area contributed by atoms with Crippen LogP contribution in [-0.2, 0) is 11.3 Å². The number of nitrogens with zero attached hydrogens (tertiary/aromatic N) is 1. The van der Waals surface area contributed by atoms with E-state index in [0.717, 1.165) is 16.8 Å². The van der Waals surface area contributed by atoms with E-state index < -0.39 is 6.04 Å². The third-order valence-corrected chi connectivity index (χ3v) is 4.14. The van der Waals surface area contributed by atoms with E-state index in [0.29, 0.717) is 17.8 Å². The molecule has 0 saturated carbocycles. The van der Waals surface area contributed by atoms with Crippen LogP contribution >= 0.6 is 0 Å². The van der Waals surface area contributed by atoms with Crippen molar-refractivity contribution in [3.63, 3.8) is 0 Å². The minimum Gasteiger partial charge on any atom is -0.399 e. The molecule has 3 aromatic rings. The number of hydrogen-bond acceptors (Lipinski definition) is 4. The SMILES string of the molecule is N#Cc1ccc(N[C@H](C(=O)NCc2ccccc2)c2cccc(N)c2)cc1. The predicted molar refractivity (Wildman–Crippen MR) is 107 cm³/mol. The Balaban J connectivity index is 1.80. The van der Waals surface area contributed by atoms with Crippen LogP contribution in [-0.4, -0.2) is 5.91 Å². The van der Waals surface area contributed by atoms with Crippen LogP contribution < -0.4 is 16.4 Å². The molecule has 3 rings (SSSR count). The Morgan fingerprint density at radius 2 is 1.74 bits per heavy atom. The van der Waals surface area contributed by atoms with Crippen LogP contribution in [0.1, 0.15) is 22.7 Å². The zero-order valence-corrected chi connectivity index (χ0v) is 14.7. The first-order valence-corrected chi connectivity index (χ1v) is 8.59. The first kappa shape index (κ1) is 18.0. The largest absolute Gasteiger partial charge is 0.399 e. The van der Waals surface area contributed by atoms with Gasteiger partial charge in [-0.25, -0.2) is 0 Å². The fraction of sp³-hybridized carbons (Fsp3) is 0.0909. The molecule has 0 fully saturated rings. The molecule has 0 bridgehead atoms. The van der Waals surface area contributed by atoms with Crippen molar-refractivity contribution in [2.24, 2.45) is 0 Å². The summed E-state index contributed by atoms with van der Waals surface area (Å²) in [6, 6.07) is 25.4. The van der Waals surface area contributed by atoms with Crippen LogP contribution in [0.25, 0.3) is 0 Å². The highest BCUT2D eigenvalue weighted by Gasteiger charge is 2.20. The van der Waals surface area contributed by atoms with Crippen LogP contribution in [0.15, 0.2) is 78.9 Å². The maximum atomic E-state index is 12.9. The van der Waals surface area contributed by atoms with Gasteiger partial charge < -0.3 is 16.4 Å². The van der Waals surface area contributed by atoms with Gasteiger partial charge in [-0.15, -0.1) is 0 Å². The molecule has 0 heterocycles. The smallest absolute Gasteiger partial charge is 0.247 e. The number of nitriles is 1.